The number of aromatic amines is 1. The van der Waals surface area contributed by atoms with E-state index in [1.165, 1.54) is 4.68 Å². The van der Waals surface area contributed by atoms with E-state index in [9.17, 15) is 9.59 Å². The number of aryl methyl sites for hydroxylation is 1. The van der Waals surface area contributed by atoms with Crippen molar-refractivity contribution in [2.45, 2.75) is 5.03 Å². The number of thioether (sulfide) groups is 1. The van der Waals surface area contributed by atoms with Gasteiger partial charge in [-0.25, -0.2) is 4.79 Å². The molecule has 0 fully saturated rings. The number of carbonyl (C=O) groups excluding carboxylic acids is 1. The largest absolute Gasteiger partial charge is 0.454 e. The van der Waals surface area contributed by atoms with Gasteiger partial charge in [0.1, 0.15) is 0 Å². The van der Waals surface area contributed by atoms with Crippen molar-refractivity contribution in [1.29, 1.82) is 0 Å². The van der Waals surface area contributed by atoms with E-state index in [1.807, 2.05) is 0 Å². The molecule has 0 spiro atoms. The summed E-state index contributed by atoms with van der Waals surface area (Å²) in [7, 11) is 1.63. The molecule has 1 aromatic heterocycles. The highest BCUT2D eigenvalue weighted by molar-refractivity contribution is 7.99. The summed E-state index contributed by atoms with van der Waals surface area (Å²) in [6.45, 7) is 0.183. The van der Waals surface area contributed by atoms with Gasteiger partial charge in [-0.05, 0) is 29.2 Å². The van der Waals surface area contributed by atoms with Crippen molar-refractivity contribution in [3.63, 3.8) is 0 Å². The average Bonchev–Trinajstić information content (AvgIpc) is 3.04. The molecule has 110 valence electrons. The fourth-order valence-electron chi connectivity index (χ4n) is 1.79. The molecule has 1 amide bonds. The number of carbonyl (C=O) groups is 1. The third-order valence-electron chi connectivity index (χ3n) is 2.75. The van der Waals surface area contributed by atoms with E-state index in [4.69, 9.17) is 9.47 Å². The van der Waals surface area contributed by atoms with Crippen LogP contribution in [0.3, 0.4) is 0 Å². The molecule has 2 N–H and O–H groups in total. The molecule has 1 aromatic carbocycles. The lowest BCUT2D eigenvalue weighted by molar-refractivity contribution is -0.772. The van der Waals surface area contributed by atoms with Gasteiger partial charge in [-0.15, -0.1) is 0 Å². The second kappa shape index (κ2) is 5.52. The molecule has 0 saturated heterocycles. The minimum atomic E-state index is -0.502. The van der Waals surface area contributed by atoms with Crippen LogP contribution < -0.4 is 25.1 Å². The van der Waals surface area contributed by atoms with Gasteiger partial charge in [-0.1, -0.05) is 4.68 Å². The highest BCUT2D eigenvalue weighted by atomic mass is 32.2. The lowest BCUT2D eigenvalue weighted by atomic mass is 10.3. The van der Waals surface area contributed by atoms with Crippen LogP contribution in [0.25, 0.3) is 0 Å². The van der Waals surface area contributed by atoms with Crippen LogP contribution in [0.1, 0.15) is 0 Å². The van der Waals surface area contributed by atoms with E-state index in [1.54, 1.807) is 25.2 Å². The number of hydrogen-bond acceptors (Lipinski definition) is 6. The number of amides is 1. The summed E-state index contributed by atoms with van der Waals surface area (Å²) in [4.78, 5) is 23.2. The lowest BCUT2D eigenvalue weighted by Gasteiger charge is -2.04. The zero-order valence-corrected chi connectivity index (χ0v) is 11.9. The van der Waals surface area contributed by atoms with Gasteiger partial charge in [0.05, 0.1) is 5.75 Å². The predicted octanol–water partition coefficient (Wildman–Crippen LogP) is 0.252. The first kappa shape index (κ1) is 13.6. The molecule has 9 heteroatoms. The monoisotopic (exact) mass is 310 g/mol. The maximum Gasteiger partial charge on any atom is 0.441 e. The SMILES string of the molecule is C[n+]1[nH]oc(=O)c1SCC(=O)Nc1ccc2c(c1)OCO2. The molecule has 0 unspecified atom stereocenters. The standard InChI is InChI=1S/C12H11N3O5S/c1-15-11(12(17)20-14-15)21-5-10(16)13-7-2-3-8-9(4-7)19-6-18-8/h2-4H,5-6H2,1H3,(H-,13,14,16,17)/p+1. The van der Waals surface area contributed by atoms with Crippen LogP contribution in [0.2, 0.25) is 0 Å². The fraction of sp³-hybridized carbons (Fsp3) is 0.250. The van der Waals surface area contributed by atoms with Gasteiger partial charge < -0.3 is 14.8 Å². The Morgan fingerprint density at radius 3 is 3.00 bits per heavy atom. The number of fused-ring (bicyclic) bond motifs is 1. The summed E-state index contributed by atoms with van der Waals surface area (Å²) in [6.07, 6.45) is 0. The normalized spacial score (nSPS) is 12.4. The van der Waals surface area contributed by atoms with Crippen molar-refractivity contribution in [2.75, 3.05) is 17.9 Å². The summed E-state index contributed by atoms with van der Waals surface area (Å²) >= 11 is 1.09. The number of aromatic nitrogens is 2. The second-order valence-corrected chi connectivity index (χ2v) is 5.21. The Labute approximate surface area is 123 Å². The molecule has 0 aliphatic carbocycles. The van der Waals surface area contributed by atoms with Gasteiger partial charge in [-0.3, -0.25) is 9.32 Å². The van der Waals surface area contributed by atoms with Crippen molar-refractivity contribution in [3.8, 4) is 11.5 Å². The minimum Gasteiger partial charge on any atom is -0.454 e. The molecule has 0 radical (unpaired) electrons. The molecular weight excluding hydrogens is 298 g/mol. The Hall–Kier alpha value is -2.42. The van der Waals surface area contributed by atoms with E-state index >= 15 is 0 Å². The third-order valence-corrected chi connectivity index (χ3v) is 3.87. The Morgan fingerprint density at radius 1 is 1.43 bits per heavy atom. The van der Waals surface area contributed by atoms with Gasteiger partial charge in [-0.2, -0.15) is 0 Å². The maximum absolute atomic E-state index is 11.9. The molecule has 3 rings (SSSR count). The van der Waals surface area contributed by atoms with Crippen LogP contribution in [-0.4, -0.2) is 23.7 Å². The van der Waals surface area contributed by atoms with E-state index in [-0.39, 0.29) is 18.5 Å². The maximum atomic E-state index is 11.9. The number of ether oxygens (including phenoxy) is 2. The van der Waals surface area contributed by atoms with Crippen molar-refractivity contribution in [1.82, 2.24) is 5.27 Å². The Kier molecular flexibility index (Phi) is 3.57. The second-order valence-electron chi connectivity index (χ2n) is 4.25. The summed E-state index contributed by atoms with van der Waals surface area (Å²) < 4.78 is 16.4. The summed E-state index contributed by atoms with van der Waals surface area (Å²) in [5, 5.41) is 5.44. The number of rotatable bonds is 4. The number of anilines is 1. The topological polar surface area (TPSA) is 97.4 Å². The Bertz CT molecular complexity index is 739. The van der Waals surface area contributed by atoms with Crippen LogP contribution in [0.5, 0.6) is 11.5 Å². The zero-order valence-electron chi connectivity index (χ0n) is 11.0. The van der Waals surface area contributed by atoms with E-state index < -0.39 is 5.63 Å². The van der Waals surface area contributed by atoms with Crippen LogP contribution in [0, 0.1) is 0 Å². The van der Waals surface area contributed by atoms with Crippen LogP contribution in [-0.2, 0) is 11.8 Å². The van der Waals surface area contributed by atoms with Crippen molar-refractivity contribution >= 4 is 23.4 Å². The van der Waals surface area contributed by atoms with Crippen LogP contribution in [0.15, 0.2) is 32.5 Å². The molecule has 2 aromatic rings. The third kappa shape index (κ3) is 2.87. The van der Waals surface area contributed by atoms with Gasteiger partial charge in [0, 0.05) is 11.8 Å². The molecule has 1 aliphatic rings. The van der Waals surface area contributed by atoms with Crippen LogP contribution in [0.4, 0.5) is 5.69 Å². The van der Waals surface area contributed by atoms with Crippen molar-refractivity contribution in [3.05, 3.63) is 28.6 Å². The number of benzene rings is 1. The summed E-state index contributed by atoms with van der Waals surface area (Å²) in [5.41, 5.74) is 0.105. The summed E-state index contributed by atoms with van der Waals surface area (Å²) in [5.74, 6) is 1.10. The van der Waals surface area contributed by atoms with E-state index in [2.05, 4.69) is 15.1 Å². The Balaban J connectivity index is 1.61. The molecular formula is C12H12N3O5S+. The zero-order chi connectivity index (χ0) is 14.8. The van der Waals surface area contributed by atoms with E-state index in [0.29, 0.717) is 22.2 Å². The first-order valence-electron chi connectivity index (χ1n) is 6.03. The van der Waals surface area contributed by atoms with Crippen molar-refractivity contribution < 1.29 is 23.5 Å². The predicted molar refractivity (Wildman–Crippen MR) is 72.4 cm³/mol. The smallest absolute Gasteiger partial charge is 0.441 e. The molecule has 0 bridgehead atoms. The molecule has 21 heavy (non-hydrogen) atoms. The first-order valence-corrected chi connectivity index (χ1v) is 7.02. The fourth-order valence-corrected chi connectivity index (χ4v) is 2.52. The quantitative estimate of drug-likeness (QED) is 0.621. The lowest BCUT2D eigenvalue weighted by Crippen LogP contribution is -2.34. The van der Waals surface area contributed by atoms with Crippen molar-refractivity contribution in [2.24, 2.45) is 7.05 Å². The first-order chi connectivity index (χ1) is 10.1. The Morgan fingerprint density at radius 2 is 2.24 bits per heavy atom. The molecule has 1 aliphatic heterocycles. The van der Waals surface area contributed by atoms with Gasteiger partial charge in [0.2, 0.25) is 12.7 Å². The molecule has 8 nitrogen and oxygen atoms in total. The number of nitrogens with zero attached hydrogens (tertiary/aromatic N) is 1. The summed E-state index contributed by atoms with van der Waals surface area (Å²) in [6, 6.07) is 5.14. The molecule has 0 atom stereocenters. The van der Waals surface area contributed by atoms with E-state index in [0.717, 1.165) is 11.8 Å². The highest BCUT2D eigenvalue weighted by Gasteiger charge is 2.20. The number of hydrogen-bond donors (Lipinski definition) is 2. The highest BCUT2D eigenvalue weighted by Crippen LogP contribution is 2.34. The van der Waals surface area contributed by atoms with Gasteiger partial charge in [0.15, 0.2) is 18.5 Å². The van der Waals surface area contributed by atoms with Gasteiger partial charge in [0.25, 0.3) is 0 Å². The van der Waals surface area contributed by atoms with Crippen LogP contribution >= 0.6 is 11.8 Å². The van der Waals surface area contributed by atoms with Gasteiger partial charge >= 0.3 is 10.7 Å². The molecule has 2 heterocycles. The number of nitrogens with one attached hydrogen (secondary N) is 2. The number of H-pyrrole nitrogens is 1. The minimum absolute atomic E-state index is 0.0882. The average molecular weight is 310 g/mol. The molecule has 0 saturated carbocycles.